The average molecular weight is 135 g/mol. The summed E-state index contributed by atoms with van der Waals surface area (Å²) in [6.45, 7) is 0. The molecular weight excluding hydrogens is 133 g/mol. The van der Waals surface area contributed by atoms with Crippen molar-refractivity contribution < 1.29 is 83.8 Å². The van der Waals surface area contributed by atoms with Crippen LogP contribution in [0.2, 0.25) is 0 Å². The first-order chi connectivity index (χ1) is 1.00. The molecule has 18 valence electrons. The average Bonchev–Trinajstić information content (AvgIpc) is 1.00. The van der Waals surface area contributed by atoms with Crippen LogP contribution >= 0.6 is 21.7 Å². The molecule has 0 rings (SSSR count). The molecule has 0 saturated heterocycles. The molecule has 0 heterocycles. The molecule has 0 aliphatic carbocycles. The van der Waals surface area contributed by atoms with Crippen molar-refractivity contribution in [3.63, 3.8) is 0 Å². The zero-order valence-corrected chi connectivity index (χ0v) is 9.39. The van der Waals surface area contributed by atoms with Gasteiger partial charge in [0.25, 0.3) is 0 Å². The van der Waals surface area contributed by atoms with Gasteiger partial charge in [-0.1, -0.05) is 0 Å². The van der Waals surface area contributed by atoms with Gasteiger partial charge in [-0.05, 0) is 0 Å². The maximum atomic E-state index is 4.11. The van der Waals surface area contributed by atoms with Gasteiger partial charge in [-0.25, -0.2) is 0 Å². The van der Waals surface area contributed by atoms with Gasteiger partial charge in [0.1, 0.15) is 0 Å². The van der Waals surface area contributed by atoms with Crippen molar-refractivity contribution in [2.45, 2.75) is 0 Å². The zero-order chi connectivity index (χ0) is 2.00. The van der Waals surface area contributed by atoms with Gasteiger partial charge in [0.05, 0.1) is 0 Å². The molecule has 0 radical (unpaired) electrons. The van der Waals surface area contributed by atoms with E-state index in [9.17, 15) is 0 Å². The molecule has 0 bridgehead atoms. The number of halogens is 2. The van der Waals surface area contributed by atoms with E-state index < -0.39 is 0 Å². The van der Waals surface area contributed by atoms with Crippen molar-refractivity contribution in [3.05, 3.63) is 0 Å². The summed E-state index contributed by atoms with van der Waals surface area (Å²) < 4.78 is 0. The molecule has 0 spiro atoms. The van der Waals surface area contributed by atoms with Gasteiger partial charge in [0.2, 0.25) is 0 Å². The summed E-state index contributed by atoms with van der Waals surface area (Å²) in [7, 11) is 8.22. The topological polar surface area (TPSA) is 0 Å². The van der Waals surface area contributed by atoms with E-state index in [-0.39, 0.29) is 83.8 Å². The molecule has 0 aromatic rings. The Morgan fingerprint density at radius 2 is 1.25 bits per heavy atom. The SMILES string of the molecule is ClCl.[H-].[H-].[K+].[Na+]. The van der Waals surface area contributed by atoms with Crippen molar-refractivity contribution in [2.75, 3.05) is 0 Å². The van der Waals surface area contributed by atoms with Crippen LogP contribution < -0.4 is 80.9 Å². The first-order valence-electron chi connectivity index (χ1n) is 0.143. The maximum absolute atomic E-state index is 4.11. The molecule has 0 aliphatic rings. The van der Waals surface area contributed by atoms with E-state index in [1.54, 1.807) is 0 Å². The molecule has 4 heavy (non-hydrogen) atoms. The molecular formula is H2Cl2KNa. The van der Waals surface area contributed by atoms with E-state index in [0.717, 1.165) is 0 Å². The first kappa shape index (κ1) is 15.7. The number of hydrogen-bond acceptors (Lipinski definition) is 0. The van der Waals surface area contributed by atoms with Crippen LogP contribution in [0.3, 0.4) is 0 Å². The van der Waals surface area contributed by atoms with Crippen molar-refractivity contribution >= 4 is 21.7 Å². The number of rotatable bonds is 0. The fourth-order valence-corrected chi connectivity index (χ4v) is 0. The molecule has 0 aromatic carbocycles. The third-order valence-corrected chi connectivity index (χ3v) is 0. The second-order valence-electron chi connectivity index (χ2n) is 0. The van der Waals surface area contributed by atoms with Crippen molar-refractivity contribution in [2.24, 2.45) is 0 Å². The molecule has 0 fully saturated rings. The van der Waals surface area contributed by atoms with Gasteiger partial charge in [-0.2, -0.15) is 0 Å². The van der Waals surface area contributed by atoms with Gasteiger partial charge in [-0.15, -0.1) is 0 Å². The summed E-state index contributed by atoms with van der Waals surface area (Å²) >= 11 is 0. The Labute approximate surface area is 103 Å². The predicted octanol–water partition coefficient (Wildman–Crippen LogP) is -4.39. The van der Waals surface area contributed by atoms with E-state index in [2.05, 4.69) is 21.7 Å². The van der Waals surface area contributed by atoms with Crippen LogP contribution in [0.1, 0.15) is 2.85 Å². The molecule has 0 amide bonds. The minimum absolute atomic E-state index is 0. The van der Waals surface area contributed by atoms with Gasteiger partial charge in [0.15, 0.2) is 0 Å². The second kappa shape index (κ2) is 16.4. The van der Waals surface area contributed by atoms with E-state index in [4.69, 9.17) is 0 Å². The van der Waals surface area contributed by atoms with Gasteiger partial charge in [-0.3, -0.25) is 0 Å². The van der Waals surface area contributed by atoms with E-state index >= 15 is 0 Å². The molecule has 0 N–H and O–H groups in total. The van der Waals surface area contributed by atoms with Crippen molar-refractivity contribution in [1.82, 2.24) is 0 Å². The van der Waals surface area contributed by atoms with E-state index in [0.29, 0.717) is 0 Å². The summed E-state index contributed by atoms with van der Waals surface area (Å²) in [6.07, 6.45) is 0. The summed E-state index contributed by atoms with van der Waals surface area (Å²) in [6, 6.07) is 0. The van der Waals surface area contributed by atoms with Gasteiger partial charge < -0.3 is 2.85 Å². The zero-order valence-electron chi connectivity index (χ0n) is 4.76. The summed E-state index contributed by atoms with van der Waals surface area (Å²) in [5.74, 6) is 0. The quantitative estimate of drug-likeness (QED) is 0.294. The molecule has 0 nitrogen and oxygen atoms in total. The van der Waals surface area contributed by atoms with Crippen LogP contribution in [0, 0.1) is 0 Å². The Morgan fingerprint density at radius 3 is 1.25 bits per heavy atom. The largest absolute Gasteiger partial charge is 1.00 e. The molecule has 4 heteroatoms. The maximum Gasteiger partial charge on any atom is 1.00 e. The van der Waals surface area contributed by atoms with Crippen LogP contribution in [0.5, 0.6) is 0 Å². The van der Waals surface area contributed by atoms with E-state index in [1.165, 1.54) is 0 Å². The smallest absolute Gasteiger partial charge is 1.00 e. The number of hydrogen-bond donors (Lipinski definition) is 0. The standard InChI is InChI=1S/Cl2.K.Na.2H/c1-2;;;;/q;2*+1;2*-1. The Kier molecular flexibility index (Phi) is 64.1. The fourth-order valence-electron chi connectivity index (χ4n) is 0. The summed E-state index contributed by atoms with van der Waals surface area (Å²) in [4.78, 5) is 0. The van der Waals surface area contributed by atoms with Gasteiger partial charge in [0, 0.05) is 21.7 Å². The van der Waals surface area contributed by atoms with E-state index in [1.807, 2.05) is 0 Å². The fraction of sp³-hybridized carbons (Fsp3) is 0. The Morgan fingerprint density at radius 1 is 1.25 bits per heavy atom. The van der Waals surface area contributed by atoms with Crippen LogP contribution in [-0.2, 0) is 0 Å². The summed E-state index contributed by atoms with van der Waals surface area (Å²) in [5.41, 5.74) is 0. The first-order valence-corrected chi connectivity index (χ1v) is 1.29. The van der Waals surface area contributed by atoms with Crippen LogP contribution in [0.4, 0.5) is 0 Å². The Bertz CT molecular complexity index is 11.5. The summed E-state index contributed by atoms with van der Waals surface area (Å²) in [5, 5.41) is 0. The third-order valence-electron chi connectivity index (χ3n) is 0. The Hall–Kier alpha value is 3.22. The van der Waals surface area contributed by atoms with Crippen molar-refractivity contribution in [3.8, 4) is 0 Å². The van der Waals surface area contributed by atoms with Gasteiger partial charge >= 0.3 is 80.9 Å². The molecule has 0 atom stereocenters. The minimum Gasteiger partial charge on any atom is -1.00 e. The molecule has 0 aliphatic heterocycles. The van der Waals surface area contributed by atoms with Crippen LogP contribution in [-0.4, -0.2) is 0 Å². The monoisotopic (exact) mass is 134 g/mol. The minimum atomic E-state index is 0. The second-order valence-corrected chi connectivity index (χ2v) is 0. The normalized spacial score (nSPS) is 1.50. The van der Waals surface area contributed by atoms with Crippen molar-refractivity contribution in [1.29, 1.82) is 0 Å². The van der Waals surface area contributed by atoms with Crippen LogP contribution in [0.25, 0.3) is 0 Å². The molecule has 0 unspecified atom stereocenters. The third kappa shape index (κ3) is 8.96. The molecule has 0 saturated carbocycles. The Balaban J connectivity index is -0.000000000833. The predicted molar refractivity (Wildman–Crippen MR) is 13.9 cm³/mol. The molecule has 0 aromatic heterocycles. The van der Waals surface area contributed by atoms with Crippen LogP contribution in [0.15, 0.2) is 0 Å².